The van der Waals surface area contributed by atoms with Gasteiger partial charge >= 0.3 is 0 Å². The molecule has 2 N–H and O–H groups in total. The van der Waals surface area contributed by atoms with Gasteiger partial charge in [0.1, 0.15) is 0 Å². The summed E-state index contributed by atoms with van der Waals surface area (Å²) in [6.45, 7) is 1.95. The third kappa shape index (κ3) is 6.36. The zero-order valence-electron chi connectivity index (χ0n) is 18.9. The zero-order valence-corrected chi connectivity index (χ0v) is 19.7. The van der Waals surface area contributed by atoms with Crippen LogP contribution in [0, 0.1) is 5.21 Å². The van der Waals surface area contributed by atoms with Crippen molar-refractivity contribution < 1.29 is 24.1 Å². The summed E-state index contributed by atoms with van der Waals surface area (Å²) in [7, 11) is 0. The number of ether oxygens (including phenoxy) is 2. The van der Waals surface area contributed by atoms with Gasteiger partial charge in [-0.1, -0.05) is 60.3 Å². The molecule has 0 radical (unpaired) electrons. The molecule has 1 amide bonds. The molecule has 4 rings (SSSR count). The Labute approximate surface area is 203 Å². The van der Waals surface area contributed by atoms with Gasteiger partial charge in [-0.2, -0.15) is 4.73 Å². The third-order valence-electron chi connectivity index (χ3n) is 5.61. The number of hydrogen-bond donors (Lipinski definition) is 2. The SMILES string of the molecule is CC(=O)NCc1ccc(C2OC(CSc3cccc[n+]3[O-])CC(c3ccc(CO)cc3)O2)cc1. The van der Waals surface area contributed by atoms with Gasteiger partial charge in [-0.25, -0.2) is 0 Å². The first kappa shape index (κ1) is 24.2. The minimum Gasteiger partial charge on any atom is -0.618 e. The molecule has 3 atom stereocenters. The predicted octanol–water partition coefficient (Wildman–Crippen LogP) is 3.79. The van der Waals surface area contributed by atoms with Crippen LogP contribution in [0.1, 0.15) is 48.0 Å². The van der Waals surface area contributed by atoms with Crippen LogP contribution in [0.3, 0.4) is 0 Å². The van der Waals surface area contributed by atoms with Gasteiger partial charge in [-0.15, -0.1) is 0 Å². The number of thioether (sulfide) groups is 1. The van der Waals surface area contributed by atoms with E-state index in [4.69, 9.17) is 9.47 Å². The lowest BCUT2D eigenvalue weighted by atomic mass is 10.0. The smallest absolute Gasteiger partial charge is 0.251 e. The fraction of sp³-hybridized carbons (Fsp3) is 0.308. The Morgan fingerprint density at radius 1 is 1.06 bits per heavy atom. The van der Waals surface area contributed by atoms with Crippen molar-refractivity contribution in [2.24, 2.45) is 0 Å². The van der Waals surface area contributed by atoms with Crippen LogP contribution in [-0.4, -0.2) is 22.9 Å². The molecule has 8 heteroatoms. The molecule has 178 valence electrons. The first-order valence-electron chi connectivity index (χ1n) is 11.2. The fourth-order valence-electron chi connectivity index (χ4n) is 3.74. The molecule has 7 nitrogen and oxygen atoms in total. The van der Waals surface area contributed by atoms with Crippen LogP contribution in [0.4, 0.5) is 0 Å². The Bertz CT molecular complexity index is 1090. The number of aliphatic hydroxyl groups is 1. The van der Waals surface area contributed by atoms with E-state index in [2.05, 4.69) is 5.32 Å². The number of pyridine rings is 1. The minimum atomic E-state index is -0.563. The van der Waals surface area contributed by atoms with Crippen LogP contribution in [0.5, 0.6) is 0 Å². The molecule has 2 aromatic carbocycles. The Morgan fingerprint density at radius 2 is 1.76 bits per heavy atom. The molecule has 2 heterocycles. The van der Waals surface area contributed by atoms with Crippen LogP contribution < -0.4 is 10.0 Å². The van der Waals surface area contributed by atoms with Gasteiger partial charge in [0.25, 0.3) is 5.03 Å². The van der Waals surface area contributed by atoms with Crippen LogP contribution in [-0.2, 0) is 27.4 Å². The molecule has 0 aliphatic carbocycles. The maximum atomic E-state index is 12.0. The standard InChI is InChI=1S/C26H28N2O5S/c1-18(30)27-15-19-5-11-22(12-6-19)26-32-23(17-34-25-4-2-3-13-28(25)31)14-24(33-26)21-9-7-20(16-29)8-10-21/h2-13,23-24,26,29H,14-17H2,1H3,(H,27,30). The quantitative estimate of drug-likeness (QED) is 0.289. The molecule has 1 fully saturated rings. The minimum absolute atomic E-state index is 0.00604. The molecule has 1 aliphatic rings. The van der Waals surface area contributed by atoms with Crippen molar-refractivity contribution in [2.75, 3.05) is 5.75 Å². The van der Waals surface area contributed by atoms with E-state index >= 15 is 0 Å². The molecule has 1 aromatic heterocycles. The van der Waals surface area contributed by atoms with Crippen LogP contribution >= 0.6 is 11.8 Å². The van der Waals surface area contributed by atoms with E-state index in [-0.39, 0.29) is 24.7 Å². The number of amides is 1. The number of aromatic nitrogens is 1. The summed E-state index contributed by atoms with van der Waals surface area (Å²) < 4.78 is 13.5. The van der Waals surface area contributed by atoms with Crippen LogP contribution in [0.25, 0.3) is 0 Å². The summed E-state index contributed by atoms with van der Waals surface area (Å²) in [5.74, 6) is 0.536. The lowest BCUT2D eigenvalue weighted by Gasteiger charge is -2.36. The first-order chi connectivity index (χ1) is 16.5. The maximum absolute atomic E-state index is 12.0. The Morgan fingerprint density at radius 3 is 2.44 bits per heavy atom. The highest BCUT2D eigenvalue weighted by Gasteiger charge is 2.32. The molecule has 1 saturated heterocycles. The maximum Gasteiger partial charge on any atom is 0.251 e. The average molecular weight is 481 g/mol. The third-order valence-corrected chi connectivity index (χ3v) is 6.76. The largest absolute Gasteiger partial charge is 0.618 e. The van der Waals surface area contributed by atoms with Crippen LogP contribution in [0.2, 0.25) is 0 Å². The van der Waals surface area contributed by atoms with Gasteiger partial charge in [0, 0.05) is 43.3 Å². The number of nitrogens with one attached hydrogen (secondary N) is 1. The van der Waals surface area contributed by atoms with Crippen LogP contribution in [0.15, 0.2) is 78.0 Å². The highest BCUT2D eigenvalue weighted by atomic mass is 32.2. The molecule has 0 saturated carbocycles. The van der Waals surface area contributed by atoms with Gasteiger partial charge in [0.15, 0.2) is 12.5 Å². The number of hydrogen-bond acceptors (Lipinski definition) is 6. The number of benzene rings is 2. The molecular weight excluding hydrogens is 452 g/mol. The summed E-state index contributed by atoms with van der Waals surface area (Å²) in [5, 5.41) is 24.8. The lowest BCUT2D eigenvalue weighted by molar-refractivity contribution is -0.645. The average Bonchev–Trinajstić information content (AvgIpc) is 2.87. The second-order valence-electron chi connectivity index (χ2n) is 8.18. The number of rotatable bonds is 8. The van der Waals surface area contributed by atoms with Crippen molar-refractivity contribution in [1.29, 1.82) is 0 Å². The predicted molar refractivity (Wildman–Crippen MR) is 129 cm³/mol. The fourth-order valence-corrected chi connectivity index (χ4v) is 4.68. The normalized spacial score (nSPS) is 20.1. The number of aliphatic hydroxyl groups excluding tert-OH is 1. The van der Waals surface area contributed by atoms with E-state index in [0.717, 1.165) is 27.0 Å². The van der Waals surface area contributed by atoms with Gasteiger partial charge in [-0.3, -0.25) is 4.79 Å². The van der Waals surface area contributed by atoms with E-state index < -0.39 is 6.29 Å². The summed E-state index contributed by atoms with van der Waals surface area (Å²) in [6, 6.07) is 20.9. The molecule has 3 aromatic rings. The van der Waals surface area contributed by atoms with Gasteiger partial charge in [0.05, 0.1) is 18.8 Å². The van der Waals surface area contributed by atoms with Crippen molar-refractivity contribution in [1.82, 2.24) is 5.32 Å². The first-order valence-corrected chi connectivity index (χ1v) is 12.2. The topological polar surface area (TPSA) is 94.7 Å². The van der Waals surface area contributed by atoms with Gasteiger partial charge in [0.2, 0.25) is 5.91 Å². The highest BCUT2D eigenvalue weighted by molar-refractivity contribution is 7.99. The second-order valence-corrected chi connectivity index (χ2v) is 9.22. The van der Waals surface area contributed by atoms with Crippen molar-refractivity contribution in [3.05, 3.63) is 100 Å². The Kier molecular flexibility index (Phi) is 8.18. The Balaban J connectivity index is 1.51. The summed E-state index contributed by atoms with van der Waals surface area (Å²) in [4.78, 5) is 11.2. The highest BCUT2D eigenvalue weighted by Crippen LogP contribution is 2.39. The van der Waals surface area contributed by atoms with Crippen molar-refractivity contribution in [3.63, 3.8) is 0 Å². The Hall–Kier alpha value is -2.91. The molecule has 1 aliphatic heterocycles. The van der Waals surface area contributed by atoms with Crippen molar-refractivity contribution in [3.8, 4) is 0 Å². The molecule has 0 bridgehead atoms. The zero-order chi connectivity index (χ0) is 23.9. The molecule has 34 heavy (non-hydrogen) atoms. The van der Waals surface area contributed by atoms with Gasteiger partial charge < -0.3 is 25.1 Å². The van der Waals surface area contributed by atoms with Crippen molar-refractivity contribution >= 4 is 17.7 Å². The number of carbonyl (C=O) groups excluding carboxylic acids is 1. The van der Waals surface area contributed by atoms with E-state index in [9.17, 15) is 15.1 Å². The number of carbonyl (C=O) groups is 1. The van der Waals surface area contributed by atoms with E-state index in [1.165, 1.54) is 24.9 Å². The summed E-state index contributed by atoms with van der Waals surface area (Å²) in [5.41, 5.74) is 3.73. The molecular formula is C26H28N2O5S. The van der Waals surface area contributed by atoms with E-state index in [1.54, 1.807) is 12.1 Å². The molecule has 3 unspecified atom stereocenters. The van der Waals surface area contributed by atoms with Crippen molar-refractivity contribution in [2.45, 2.75) is 50.0 Å². The summed E-state index contributed by atoms with van der Waals surface area (Å²) >= 11 is 1.46. The second kappa shape index (κ2) is 11.5. The lowest BCUT2D eigenvalue weighted by Crippen LogP contribution is -2.32. The monoisotopic (exact) mass is 480 g/mol. The molecule has 0 spiro atoms. The van der Waals surface area contributed by atoms with E-state index in [1.807, 2.05) is 54.6 Å². The summed E-state index contributed by atoms with van der Waals surface area (Å²) in [6.07, 6.45) is 1.25. The van der Waals surface area contributed by atoms with Gasteiger partial charge in [-0.05, 0) is 22.8 Å². The number of nitrogens with zero attached hydrogens (tertiary/aromatic N) is 1. The van der Waals surface area contributed by atoms with E-state index in [0.29, 0.717) is 23.7 Å².